The van der Waals surface area contributed by atoms with E-state index in [1.165, 1.54) is 24.3 Å². The van der Waals surface area contributed by atoms with Crippen molar-refractivity contribution in [2.75, 3.05) is 5.32 Å². The Balaban J connectivity index is 1.70. The molecule has 3 rings (SSSR count). The number of nitro benzene ring substituents is 1. The molecule has 0 saturated heterocycles. The average Bonchev–Trinajstić information content (AvgIpc) is 2.68. The molecule has 0 unspecified atom stereocenters. The third-order valence-electron chi connectivity index (χ3n) is 3.82. The van der Waals surface area contributed by atoms with Crippen molar-refractivity contribution in [3.05, 3.63) is 98.8 Å². The summed E-state index contributed by atoms with van der Waals surface area (Å²) in [6, 6.07) is 16.2. The first-order valence-corrected chi connectivity index (χ1v) is 8.53. The van der Waals surface area contributed by atoms with Gasteiger partial charge in [0.05, 0.1) is 15.5 Å². The van der Waals surface area contributed by atoms with E-state index >= 15 is 0 Å². The second-order valence-electron chi connectivity index (χ2n) is 5.82. The van der Waals surface area contributed by atoms with Crippen LogP contribution in [0.15, 0.2) is 66.7 Å². The van der Waals surface area contributed by atoms with Crippen LogP contribution in [0.4, 0.5) is 15.8 Å². The largest absolute Gasteiger partial charge is 0.489 e. The van der Waals surface area contributed by atoms with Gasteiger partial charge < -0.3 is 10.1 Å². The fourth-order valence-electron chi connectivity index (χ4n) is 2.41. The minimum Gasteiger partial charge on any atom is -0.489 e. The summed E-state index contributed by atoms with van der Waals surface area (Å²) < 4.78 is 18.6. The van der Waals surface area contributed by atoms with Gasteiger partial charge in [0.15, 0.2) is 0 Å². The van der Waals surface area contributed by atoms with Crippen molar-refractivity contribution in [2.45, 2.75) is 6.61 Å². The van der Waals surface area contributed by atoms with Crippen LogP contribution < -0.4 is 10.1 Å². The molecule has 3 aromatic carbocycles. The first-order valence-electron chi connectivity index (χ1n) is 8.15. The van der Waals surface area contributed by atoms with Crippen LogP contribution in [0.25, 0.3) is 0 Å². The minimum atomic E-state index is -0.600. The van der Waals surface area contributed by atoms with E-state index in [2.05, 4.69) is 5.32 Å². The lowest BCUT2D eigenvalue weighted by atomic mass is 10.2. The minimum absolute atomic E-state index is 0.00602. The predicted molar refractivity (Wildman–Crippen MR) is 103 cm³/mol. The van der Waals surface area contributed by atoms with Crippen molar-refractivity contribution in [2.24, 2.45) is 0 Å². The summed E-state index contributed by atoms with van der Waals surface area (Å²) in [5.41, 5.74) is 0.989. The lowest BCUT2D eigenvalue weighted by Crippen LogP contribution is -2.13. The van der Waals surface area contributed by atoms with Crippen LogP contribution in [0, 0.1) is 15.9 Å². The summed E-state index contributed by atoms with van der Waals surface area (Å²) in [6.07, 6.45) is 0. The molecule has 0 radical (unpaired) electrons. The smallest absolute Gasteiger partial charge is 0.270 e. The van der Waals surface area contributed by atoms with E-state index in [0.717, 1.165) is 11.6 Å². The number of rotatable bonds is 6. The molecular formula is C20H14ClFN2O4. The number of carbonyl (C=O) groups is 1. The van der Waals surface area contributed by atoms with Gasteiger partial charge >= 0.3 is 0 Å². The van der Waals surface area contributed by atoms with Gasteiger partial charge in [-0.05, 0) is 35.9 Å². The third kappa shape index (κ3) is 4.83. The molecule has 0 spiro atoms. The number of anilines is 1. The van der Waals surface area contributed by atoms with E-state index in [1.807, 2.05) is 0 Å². The maximum absolute atomic E-state index is 12.9. The van der Waals surface area contributed by atoms with E-state index in [0.29, 0.717) is 11.4 Å². The summed E-state index contributed by atoms with van der Waals surface area (Å²) in [7, 11) is 0. The highest BCUT2D eigenvalue weighted by Gasteiger charge is 2.16. The molecule has 0 fully saturated rings. The number of hydrogen-bond acceptors (Lipinski definition) is 4. The fraction of sp³-hybridized carbons (Fsp3) is 0.0500. The van der Waals surface area contributed by atoms with Gasteiger partial charge in [-0.3, -0.25) is 14.9 Å². The molecule has 8 heteroatoms. The van der Waals surface area contributed by atoms with E-state index < -0.39 is 10.8 Å². The highest BCUT2D eigenvalue weighted by Crippen LogP contribution is 2.24. The summed E-state index contributed by atoms with van der Waals surface area (Å²) in [6.45, 7) is 0.231. The zero-order valence-corrected chi connectivity index (χ0v) is 15.2. The summed E-state index contributed by atoms with van der Waals surface area (Å²) in [4.78, 5) is 22.7. The van der Waals surface area contributed by atoms with Crippen molar-refractivity contribution >= 4 is 28.9 Å². The van der Waals surface area contributed by atoms with Gasteiger partial charge in [-0.15, -0.1) is 0 Å². The number of nitro groups is 1. The first-order chi connectivity index (χ1) is 13.4. The molecule has 1 amide bonds. The topological polar surface area (TPSA) is 81.5 Å². The Morgan fingerprint density at radius 1 is 1.11 bits per heavy atom. The molecule has 1 N–H and O–H groups in total. The van der Waals surface area contributed by atoms with Crippen LogP contribution in [-0.4, -0.2) is 10.8 Å². The van der Waals surface area contributed by atoms with Gasteiger partial charge in [0.25, 0.3) is 11.6 Å². The van der Waals surface area contributed by atoms with Gasteiger partial charge in [0.2, 0.25) is 0 Å². The fourth-order valence-corrected chi connectivity index (χ4v) is 2.61. The number of ether oxygens (including phenoxy) is 1. The zero-order valence-electron chi connectivity index (χ0n) is 14.4. The Bertz CT molecular complexity index is 1020. The second-order valence-corrected chi connectivity index (χ2v) is 6.23. The van der Waals surface area contributed by atoms with Crippen LogP contribution in [0.1, 0.15) is 15.9 Å². The van der Waals surface area contributed by atoms with Crippen molar-refractivity contribution in [1.82, 2.24) is 0 Å². The maximum atomic E-state index is 12.9. The molecular weight excluding hydrogens is 387 g/mol. The molecule has 6 nitrogen and oxygen atoms in total. The molecule has 0 aliphatic rings. The highest BCUT2D eigenvalue weighted by molar-refractivity contribution is 6.34. The number of non-ortho nitro benzene ring substituents is 1. The van der Waals surface area contributed by atoms with Gasteiger partial charge in [-0.25, -0.2) is 4.39 Å². The number of halogens is 2. The van der Waals surface area contributed by atoms with E-state index in [9.17, 15) is 19.3 Å². The number of benzene rings is 3. The SMILES string of the molecule is O=C(Nc1cccc(OCc2ccc(F)cc2)c1)c1cc([N+](=O)[O-])ccc1Cl. The average molecular weight is 401 g/mol. The van der Waals surface area contributed by atoms with E-state index in [1.54, 1.807) is 36.4 Å². The number of amides is 1. The van der Waals surface area contributed by atoms with Crippen molar-refractivity contribution in [3.63, 3.8) is 0 Å². The van der Waals surface area contributed by atoms with Crippen LogP contribution in [0.5, 0.6) is 5.75 Å². The van der Waals surface area contributed by atoms with Gasteiger partial charge in [-0.1, -0.05) is 29.8 Å². The number of carbonyl (C=O) groups excluding carboxylic acids is 1. The normalized spacial score (nSPS) is 10.4. The highest BCUT2D eigenvalue weighted by atomic mass is 35.5. The van der Waals surface area contributed by atoms with Crippen LogP contribution in [0.3, 0.4) is 0 Å². The molecule has 0 atom stereocenters. The molecule has 0 aliphatic carbocycles. The molecule has 142 valence electrons. The summed E-state index contributed by atoms with van der Waals surface area (Å²) in [5.74, 6) is -0.412. The van der Waals surface area contributed by atoms with Crippen LogP contribution in [0.2, 0.25) is 5.02 Å². The maximum Gasteiger partial charge on any atom is 0.270 e. The number of nitrogens with zero attached hydrogens (tertiary/aromatic N) is 1. The van der Waals surface area contributed by atoms with Gasteiger partial charge in [-0.2, -0.15) is 0 Å². The molecule has 28 heavy (non-hydrogen) atoms. The predicted octanol–water partition coefficient (Wildman–Crippen LogP) is 5.22. The molecule has 0 aliphatic heterocycles. The van der Waals surface area contributed by atoms with Crippen LogP contribution >= 0.6 is 11.6 Å². The lowest BCUT2D eigenvalue weighted by Gasteiger charge is -2.10. The Morgan fingerprint density at radius 2 is 1.86 bits per heavy atom. The molecule has 0 aromatic heterocycles. The van der Waals surface area contributed by atoms with E-state index in [-0.39, 0.29) is 28.7 Å². The monoisotopic (exact) mass is 400 g/mol. The molecule has 0 bridgehead atoms. The first kappa shape index (κ1) is 19.3. The van der Waals surface area contributed by atoms with Gasteiger partial charge in [0.1, 0.15) is 18.2 Å². The molecule has 0 heterocycles. The number of hydrogen-bond donors (Lipinski definition) is 1. The summed E-state index contributed by atoms with van der Waals surface area (Å²) >= 11 is 5.99. The summed E-state index contributed by atoms with van der Waals surface area (Å²) in [5, 5.41) is 13.6. The quantitative estimate of drug-likeness (QED) is 0.454. The van der Waals surface area contributed by atoms with Crippen molar-refractivity contribution in [3.8, 4) is 5.75 Å². The number of nitrogens with one attached hydrogen (secondary N) is 1. The zero-order chi connectivity index (χ0) is 20.1. The Morgan fingerprint density at radius 3 is 2.57 bits per heavy atom. The van der Waals surface area contributed by atoms with Crippen molar-refractivity contribution in [1.29, 1.82) is 0 Å². The van der Waals surface area contributed by atoms with E-state index in [4.69, 9.17) is 16.3 Å². The molecule has 3 aromatic rings. The standard InChI is InChI=1S/C20H14ClFN2O4/c21-19-9-8-16(24(26)27)11-18(19)20(25)23-15-2-1-3-17(10-15)28-12-13-4-6-14(22)7-5-13/h1-11H,12H2,(H,23,25). The van der Waals surface area contributed by atoms with Crippen molar-refractivity contribution < 1.29 is 18.8 Å². The molecule has 0 saturated carbocycles. The Labute approximate surface area is 164 Å². The Hall–Kier alpha value is -3.45. The lowest BCUT2D eigenvalue weighted by molar-refractivity contribution is -0.384. The third-order valence-corrected chi connectivity index (χ3v) is 4.15. The van der Waals surface area contributed by atoms with Crippen LogP contribution in [-0.2, 0) is 6.61 Å². The van der Waals surface area contributed by atoms with Gasteiger partial charge in [0, 0.05) is 23.9 Å². The second kappa shape index (κ2) is 8.49. The Kier molecular flexibility index (Phi) is 5.86.